The summed E-state index contributed by atoms with van der Waals surface area (Å²) in [4.78, 5) is 40.5. The molecule has 0 radical (unpaired) electrons. The van der Waals surface area contributed by atoms with Crippen molar-refractivity contribution in [3.8, 4) is 0 Å². The largest absolute Gasteiger partial charge is 0.337 e. The normalized spacial score (nSPS) is 18.9. The molecule has 4 amide bonds. The van der Waals surface area contributed by atoms with Crippen LogP contribution in [0.4, 0.5) is 9.18 Å². The van der Waals surface area contributed by atoms with Crippen LogP contribution in [0, 0.1) is 5.82 Å². The van der Waals surface area contributed by atoms with Crippen LogP contribution in [-0.2, 0) is 21.7 Å². The van der Waals surface area contributed by atoms with E-state index in [4.69, 9.17) is 0 Å². The number of halogens is 1. The van der Waals surface area contributed by atoms with E-state index >= 15 is 0 Å². The van der Waals surface area contributed by atoms with Crippen LogP contribution in [0.2, 0.25) is 0 Å². The molecule has 3 rings (SSSR count). The molecule has 1 aliphatic rings. The highest BCUT2D eigenvalue weighted by atomic mass is 19.1. The smallest absolute Gasteiger partial charge is 0.325 e. The molecular formula is C21H22FN3O3. The Hall–Kier alpha value is -3.22. The number of hydrogen-bond donors (Lipinski definition) is 1. The van der Waals surface area contributed by atoms with Gasteiger partial charge in [-0.2, -0.15) is 0 Å². The summed E-state index contributed by atoms with van der Waals surface area (Å²) in [5, 5.41) is 2.62. The Kier molecular flexibility index (Phi) is 5.44. The van der Waals surface area contributed by atoms with Gasteiger partial charge in [0.2, 0.25) is 5.91 Å². The lowest BCUT2D eigenvalue weighted by atomic mass is 9.92. The van der Waals surface area contributed by atoms with Crippen LogP contribution in [0.15, 0.2) is 54.6 Å². The van der Waals surface area contributed by atoms with Gasteiger partial charge in [-0.1, -0.05) is 42.5 Å². The van der Waals surface area contributed by atoms with Crippen molar-refractivity contribution in [2.75, 3.05) is 13.1 Å². The number of nitrogens with zero attached hydrogens (tertiary/aromatic N) is 2. The molecule has 2 aromatic rings. The molecule has 1 unspecified atom stereocenters. The molecule has 0 saturated carbocycles. The maximum absolute atomic E-state index is 13.2. The first kappa shape index (κ1) is 19.5. The second-order valence-corrected chi connectivity index (χ2v) is 6.85. The van der Waals surface area contributed by atoms with Gasteiger partial charge < -0.3 is 10.2 Å². The lowest BCUT2D eigenvalue weighted by molar-refractivity contribution is -0.139. The van der Waals surface area contributed by atoms with Crippen LogP contribution in [-0.4, -0.2) is 40.7 Å². The molecule has 1 saturated heterocycles. The molecule has 0 bridgehead atoms. The fourth-order valence-electron chi connectivity index (χ4n) is 3.23. The van der Waals surface area contributed by atoms with E-state index in [-0.39, 0.29) is 12.5 Å². The zero-order chi connectivity index (χ0) is 20.3. The van der Waals surface area contributed by atoms with Gasteiger partial charge in [0, 0.05) is 13.1 Å². The van der Waals surface area contributed by atoms with Crippen molar-refractivity contribution in [1.82, 2.24) is 15.1 Å². The zero-order valence-corrected chi connectivity index (χ0v) is 15.8. The average Bonchev–Trinajstić information content (AvgIpc) is 2.91. The first-order valence-electron chi connectivity index (χ1n) is 9.07. The molecule has 1 atom stereocenters. The second-order valence-electron chi connectivity index (χ2n) is 6.85. The van der Waals surface area contributed by atoms with Crippen molar-refractivity contribution < 1.29 is 18.8 Å². The Balaban J connectivity index is 1.74. The minimum Gasteiger partial charge on any atom is -0.337 e. The number of urea groups is 1. The highest BCUT2D eigenvalue weighted by molar-refractivity contribution is 6.09. The van der Waals surface area contributed by atoms with E-state index in [0.29, 0.717) is 18.7 Å². The lowest BCUT2D eigenvalue weighted by Crippen LogP contribution is -2.44. The van der Waals surface area contributed by atoms with Gasteiger partial charge in [-0.05, 0) is 37.1 Å². The number of carbonyl (C=O) groups excluding carboxylic acids is 3. The first-order chi connectivity index (χ1) is 13.3. The minimum atomic E-state index is -1.33. The fraction of sp³-hybridized carbons (Fsp3) is 0.286. The van der Waals surface area contributed by atoms with Crippen molar-refractivity contribution in [3.63, 3.8) is 0 Å². The van der Waals surface area contributed by atoms with Gasteiger partial charge in [0.15, 0.2) is 0 Å². The van der Waals surface area contributed by atoms with Gasteiger partial charge in [-0.3, -0.25) is 14.5 Å². The summed E-state index contributed by atoms with van der Waals surface area (Å²) in [6.45, 7) is 3.89. The number of rotatable bonds is 6. The fourth-order valence-corrected chi connectivity index (χ4v) is 3.23. The molecular weight excluding hydrogens is 361 g/mol. The number of carbonyl (C=O) groups is 3. The molecule has 6 nitrogen and oxygen atoms in total. The lowest BCUT2D eigenvalue weighted by Gasteiger charge is -2.24. The topological polar surface area (TPSA) is 69.7 Å². The molecule has 28 heavy (non-hydrogen) atoms. The predicted octanol–water partition coefficient (Wildman–Crippen LogP) is 2.64. The van der Waals surface area contributed by atoms with Crippen molar-refractivity contribution in [1.29, 1.82) is 0 Å². The summed E-state index contributed by atoms with van der Waals surface area (Å²) < 4.78 is 13.2. The third-order valence-electron chi connectivity index (χ3n) is 4.94. The van der Waals surface area contributed by atoms with E-state index in [1.165, 1.54) is 24.3 Å². The van der Waals surface area contributed by atoms with Crippen molar-refractivity contribution in [2.45, 2.75) is 25.9 Å². The summed E-state index contributed by atoms with van der Waals surface area (Å²) in [7, 11) is 0. The van der Waals surface area contributed by atoms with Gasteiger partial charge in [0.1, 0.15) is 17.9 Å². The molecule has 0 aliphatic carbocycles. The molecule has 1 aliphatic heterocycles. The number of likely N-dealkylation sites (N-methyl/N-ethyl adjacent to an activating group) is 1. The van der Waals surface area contributed by atoms with Crippen LogP contribution in [0.1, 0.15) is 25.0 Å². The Bertz CT molecular complexity index is 886. The van der Waals surface area contributed by atoms with Gasteiger partial charge >= 0.3 is 6.03 Å². The summed E-state index contributed by atoms with van der Waals surface area (Å²) in [6.07, 6.45) is 0. The van der Waals surface area contributed by atoms with E-state index in [0.717, 1.165) is 10.5 Å². The Morgan fingerprint density at radius 2 is 1.75 bits per heavy atom. The van der Waals surface area contributed by atoms with Crippen LogP contribution in [0.3, 0.4) is 0 Å². The van der Waals surface area contributed by atoms with Crippen molar-refractivity contribution in [2.24, 2.45) is 0 Å². The van der Waals surface area contributed by atoms with Gasteiger partial charge in [-0.15, -0.1) is 0 Å². The molecule has 2 aromatic carbocycles. The van der Waals surface area contributed by atoms with E-state index in [1.807, 2.05) is 37.3 Å². The van der Waals surface area contributed by atoms with Crippen LogP contribution >= 0.6 is 0 Å². The van der Waals surface area contributed by atoms with Crippen LogP contribution < -0.4 is 5.32 Å². The maximum atomic E-state index is 13.2. The highest BCUT2D eigenvalue weighted by Gasteiger charge is 2.49. The van der Waals surface area contributed by atoms with E-state index in [9.17, 15) is 18.8 Å². The first-order valence-corrected chi connectivity index (χ1v) is 9.07. The van der Waals surface area contributed by atoms with Gasteiger partial charge in [0.05, 0.1) is 0 Å². The number of amides is 4. The quantitative estimate of drug-likeness (QED) is 0.780. The highest BCUT2D eigenvalue weighted by Crippen LogP contribution is 2.29. The zero-order valence-electron chi connectivity index (χ0n) is 15.8. The third-order valence-corrected chi connectivity index (χ3v) is 4.94. The second kappa shape index (κ2) is 7.80. The van der Waals surface area contributed by atoms with E-state index < -0.39 is 23.3 Å². The summed E-state index contributed by atoms with van der Waals surface area (Å²) in [6, 6.07) is 14.2. The average molecular weight is 383 g/mol. The van der Waals surface area contributed by atoms with Crippen molar-refractivity contribution in [3.05, 3.63) is 71.5 Å². The number of benzene rings is 2. The minimum absolute atomic E-state index is 0.321. The number of nitrogens with one attached hydrogen (secondary N) is 1. The van der Waals surface area contributed by atoms with Crippen molar-refractivity contribution >= 4 is 17.8 Å². The standard InChI is InChI=1S/C21H22FN3O3/c1-3-24(13-15-7-5-4-6-8-15)18(26)14-25-19(27)21(2,23-20(25)28)16-9-11-17(22)12-10-16/h4-12H,3,13-14H2,1-2H3,(H,23,28). The monoisotopic (exact) mass is 383 g/mol. The van der Waals surface area contributed by atoms with E-state index in [2.05, 4.69) is 5.32 Å². The Labute approximate surface area is 162 Å². The molecule has 0 spiro atoms. The number of imide groups is 1. The summed E-state index contributed by atoms with van der Waals surface area (Å²) in [5.41, 5.74) is 0.0894. The van der Waals surface area contributed by atoms with Crippen LogP contribution in [0.5, 0.6) is 0 Å². The van der Waals surface area contributed by atoms with Crippen LogP contribution in [0.25, 0.3) is 0 Å². The maximum Gasteiger partial charge on any atom is 0.325 e. The van der Waals surface area contributed by atoms with E-state index in [1.54, 1.807) is 11.8 Å². The SMILES string of the molecule is CCN(Cc1ccccc1)C(=O)CN1C(=O)NC(C)(c2ccc(F)cc2)C1=O. The Morgan fingerprint density at radius 1 is 1.11 bits per heavy atom. The molecule has 146 valence electrons. The molecule has 7 heteroatoms. The Morgan fingerprint density at radius 3 is 2.36 bits per heavy atom. The predicted molar refractivity (Wildman–Crippen MR) is 102 cm³/mol. The molecule has 1 N–H and O–H groups in total. The summed E-state index contributed by atoms with van der Waals surface area (Å²) in [5.74, 6) is -1.29. The van der Waals surface area contributed by atoms with Gasteiger partial charge in [0.25, 0.3) is 5.91 Å². The third kappa shape index (κ3) is 3.74. The summed E-state index contributed by atoms with van der Waals surface area (Å²) >= 11 is 0. The molecule has 0 aromatic heterocycles. The molecule has 1 heterocycles. The van der Waals surface area contributed by atoms with Gasteiger partial charge in [-0.25, -0.2) is 9.18 Å². The number of hydrogen-bond acceptors (Lipinski definition) is 3. The molecule has 1 fully saturated rings.